The van der Waals surface area contributed by atoms with Gasteiger partial charge in [-0.25, -0.2) is 4.98 Å². The molecule has 0 amide bonds. The van der Waals surface area contributed by atoms with Gasteiger partial charge in [0.15, 0.2) is 0 Å². The summed E-state index contributed by atoms with van der Waals surface area (Å²) in [6, 6.07) is 6.53. The first-order chi connectivity index (χ1) is 9.26. The molecule has 1 saturated heterocycles. The standard InChI is InChI=1S/C15H20ClN3/c1-2-12-5-3-4-8-19(12)10-15-17-13-7-6-11(16)9-14(13)18-15/h6-7,9,12H,2-5,8,10H2,1H3,(H,17,18). The Kier molecular flexibility index (Phi) is 3.76. The highest BCUT2D eigenvalue weighted by molar-refractivity contribution is 6.31. The van der Waals surface area contributed by atoms with Crippen molar-refractivity contribution in [3.8, 4) is 0 Å². The molecule has 102 valence electrons. The van der Waals surface area contributed by atoms with E-state index < -0.39 is 0 Å². The molecule has 2 heterocycles. The number of hydrogen-bond acceptors (Lipinski definition) is 2. The smallest absolute Gasteiger partial charge is 0.121 e. The van der Waals surface area contributed by atoms with Crippen LogP contribution >= 0.6 is 11.6 Å². The van der Waals surface area contributed by atoms with Crippen LogP contribution in [-0.4, -0.2) is 27.5 Å². The molecule has 19 heavy (non-hydrogen) atoms. The Morgan fingerprint density at radius 2 is 2.32 bits per heavy atom. The van der Waals surface area contributed by atoms with Crippen LogP contribution in [0.2, 0.25) is 5.02 Å². The van der Waals surface area contributed by atoms with Crippen LogP contribution in [0.4, 0.5) is 0 Å². The van der Waals surface area contributed by atoms with Crippen molar-refractivity contribution in [2.75, 3.05) is 6.54 Å². The fourth-order valence-corrected chi connectivity index (χ4v) is 3.20. The second kappa shape index (κ2) is 5.51. The largest absolute Gasteiger partial charge is 0.341 e. The number of rotatable bonds is 3. The molecule has 0 spiro atoms. The van der Waals surface area contributed by atoms with Gasteiger partial charge in [0.05, 0.1) is 17.6 Å². The van der Waals surface area contributed by atoms with Crippen molar-refractivity contribution in [2.24, 2.45) is 0 Å². The van der Waals surface area contributed by atoms with Crippen molar-refractivity contribution < 1.29 is 0 Å². The molecular formula is C15H20ClN3. The fraction of sp³-hybridized carbons (Fsp3) is 0.533. The Bertz CT molecular complexity index is 564. The van der Waals surface area contributed by atoms with Gasteiger partial charge >= 0.3 is 0 Å². The summed E-state index contributed by atoms with van der Waals surface area (Å²) in [6.07, 6.45) is 5.22. The molecule has 1 aromatic heterocycles. The predicted molar refractivity (Wildman–Crippen MR) is 79.4 cm³/mol. The first-order valence-electron chi connectivity index (χ1n) is 7.14. The highest BCUT2D eigenvalue weighted by Gasteiger charge is 2.21. The average molecular weight is 278 g/mol. The summed E-state index contributed by atoms with van der Waals surface area (Å²) in [6.45, 7) is 4.39. The number of aromatic nitrogens is 2. The Hall–Kier alpha value is -1.06. The molecule has 1 N–H and O–H groups in total. The number of likely N-dealkylation sites (tertiary alicyclic amines) is 1. The SMILES string of the molecule is CCC1CCCCN1Cc1nc2ccc(Cl)cc2[nH]1. The van der Waals surface area contributed by atoms with Gasteiger partial charge in [0.1, 0.15) is 5.82 Å². The molecule has 1 fully saturated rings. The average Bonchev–Trinajstić information content (AvgIpc) is 2.80. The molecule has 1 aliphatic heterocycles. The summed E-state index contributed by atoms with van der Waals surface area (Å²) >= 11 is 6.01. The van der Waals surface area contributed by atoms with E-state index in [9.17, 15) is 0 Å². The number of hydrogen-bond donors (Lipinski definition) is 1. The highest BCUT2D eigenvalue weighted by atomic mass is 35.5. The van der Waals surface area contributed by atoms with Crippen LogP contribution in [0.5, 0.6) is 0 Å². The van der Waals surface area contributed by atoms with Gasteiger partial charge in [-0.05, 0) is 44.0 Å². The Balaban J connectivity index is 1.80. The van der Waals surface area contributed by atoms with E-state index in [2.05, 4.69) is 21.8 Å². The van der Waals surface area contributed by atoms with Gasteiger partial charge in [0, 0.05) is 11.1 Å². The van der Waals surface area contributed by atoms with Crippen LogP contribution < -0.4 is 0 Å². The van der Waals surface area contributed by atoms with E-state index >= 15 is 0 Å². The maximum Gasteiger partial charge on any atom is 0.121 e. The van der Waals surface area contributed by atoms with Gasteiger partial charge in [0.25, 0.3) is 0 Å². The van der Waals surface area contributed by atoms with Crippen LogP contribution in [0.25, 0.3) is 11.0 Å². The number of imidazole rings is 1. The molecule has 0 saturated carbocycles. The van der Waals surface area contributed by atoms with E-state index in [1.54, 1.807) is 0 Å². The van der Waals surface area contributed by atoms with Crippen LogP contribution in [0.15, 0.2) is 18.2 Å². The minimum absolute atomic E-state index is 0.713. The van der Waals surface area contributed by atoms with Gasteiger partial charge in [-0.3, -0.25) is 4.90 Å². The Morgan fingerprint density at radius 1 is 1.42 bits per heavy atom. The second-order valence-electron chi connectivity index (χ2n) is 5.37. The molecule has 1 unspecified atom stereocenters. The molecule has 1 aromatic carbocycles. The molecule has 3 rings (SSSR count). The van der Waals surface area contributed by atoms with Crippen molar-refractivity contribution in [1.29, 1.82) is 0 Å². The number of nitrogens with zero attached hydrogens (tertiary/aromatic N) is 2. The number of piperidine rings is 1. The monoisotopic (exact) mass is 277 g/mol. The van der Waals surface area contributed by atoms with Crippen molar-refractivity contribution >= 4 is 22.6 Å². The predicted octanol–water partition coefficient (Wildman–Crippen LogP) is 3.98. The van der Waals surface area contributed by atoms with Crippen LogP contribution in [-0.2, 0) is 6.54 Å². The van der Waals surface area contributed by atoms with Gasteiger partial charge in [-0.15, -0.1) is 0 Å². The molecular weight excluding hydrogens is 258 g/mol. The van der Waals surface area contributed by atoms with E-state index in [1.165, 1.54) is 32.2 Å². The lowest BCUT2D eigenvalue weighted by Gasteiger charge is -2.34. The summed E-state index contributed by atoms with van der Waals surface area (Å²) < 4.78 is 0. The molecule has 0 bridgehead atoms. The summed E-state index contributed by atoms with van der Waals surface area (Å²) in [7, 11) is 0. The normalized spacial score (nSPS) is 21.1. The van der Waals surface area contributed by atoms with Gasteiger partial charge in [0.2, 0.25) is 0 Å². The van der Waals surface area contributed by atoms with Crippen LogP contribution in [0.1, 0.15) is 38.4 Å². The van der Waals surface area contributed by atoms with Gasteiger partial charge in [-0.1, -0.05) is 24.9 Å². The second-order valence-corrected chi connectivity index (χ2v) is 5.81. The molecule has 1 aliphatic rings. The van der Waals surface area contributed by atoms with E-state index in [0.29, 0.717) is 6.04 Å². The molecule has 0 radical (unpaired) electrons. The van der Waals surface area contributed by atoms with Gasteiger partial charge in [-0.2, -0.15) is 0 Å². The van der Waals surface area contributed by atoms with Crippen LogP contribution in [0.3, 0.4) is 0 Å². The van der Waals surface area contributed by atoms with E-state index in [-0.39, 0.29) is 0 Å². The lowest BCUT2D eigenvalue weighted by molar-refractivity contribution is 0.133. The lowest BCUT2D eigenvalue weighted by Crippen LogP contribution is -2.38. The number of fused-ring (bicyclic) bond motifs is 1. The van der Waals surface area contributed by atoms with Crippen molar-refractivity contribution in [3.05, 3.63) is 29.0 Å². The number of H-pyrrole nitrogens is 1. The third-order valence-corrected chi connectivity index (χ3v) is 4.30. The molecule has 2 aromatic rings. The first kappa shape index (κ1) is 12.9. The quantitative estimate of drug-likeness (QED) is 0.920. The summed E-state index contributed by atoms with van der Waals surface area (Å²) in [4.78, 5) is 10.6. The summed E-state index contributed by atoms with van der Waals surface area (Å²) in [5.74, 6) is 1.05. The number of aromatic amines is 1. The zero-order valence-corrected chi connectivity index (χ0v) is 12.1. The third-order valence-electron chi connectivity index (χ3n) is 4.07. The number of halogens is 1. The zero-order valence-electron chi connectivity index (χ0n) is 11.3. The topological polar surface area (TPSA) is 31.9 Å². The summed E-state index contributed by atoms with van der Waals surface area (Å²) in [5, 5.41) is 0.757. The first-order valence-corrected chi connectivity index (χ1v) is 7.52. The van der Waals surface area contributed by atoms with Crippen molar-refractivity contribution in [1.82, 2.24) is 14.9 Å². The number of nitrogens with one attached hydrogen (secondary N) is 1. The maximum absolute atomic E-state index is 6.01. The summed E-state index contributed by atoms with van der Waals surface area (Å²) in [5.41, 5.74) is 2.04. The van der Waals surface area contributed by atoms with E-state index in [4.69, 9.17) is 11.6 Å². The lowest BCUT2D eigenvalue weighted by atomic mass is 10.0. The van der Waals surface area contributed by atoms with E-state index in [0.717, 1.165) is 28.4 Å². The van der Waals surface area contributed by atoms with Crippen molar-refractivity contribution in [3.63, 3.8) is 0 Å². The maximum atomic E-state index is 6.01. The third kappa shape index (κ3) is 2.77. The van der Waals surface area contributed by atoms with E-state index in [1.807, 2.05) is 18.2 Å². The van der Waals surface area contributed by atoms with Gasteiger partial charge < -0.3 is 4.98 Å². The fourth-order valence-electron chi connectivity index (χ4n) is 3.03. The highest BCUT2D eigenvalue weighted by Crippen LogP contribution is 2.22. The number of benzene rings is 1. The molecule has 4 heteroatoms. The minimum Gasteiger partial charge on any atom is -0.341 e. The molecule has 3 nitrogen and oxygen atoms in total. The minimum atomic E-state index is 0.713. The zero-order chi connectivity index (χ0) is 13.2. The van der Waals surface area contributed by atoms with Crippen LogP contribution in [0, 0.1) is 0 Å². The Morgan fingerprint density at radius 3 is 3.16 bits per heavy atom. The molecule has 0 aliphatic carbocycles. The molecule has 1 atom stereocenters. The Labute approximate surface area is 119 Å². The van der Waals surface area contributed by atoms with Crippen molar-refractivity contribution in [2.45, 2.75) is 45.2 Å².